The predicted octanol–water partition coefficient (Wildman–Crippen LogP) is 2.16. The van der Waals surface area contributed by atoms with Crippen molar-refractivity contribution in [1.82, 2.24) is 10.2 Å². The van der Waals surface area contributed by atoms with Gasteiger partial charge in [-0.1, -0.05) is 6.42 Å². The second-order valence-corrected chi connectivity index (χ2v) is 4.85. The molecule has 90 valence electrons. The molecule has 1 unspecified atom stereocenters. The molecule has 3 heteroatoms. The van der Waals surface area contributed by atoms with Crippen molar-refractivity contribution < 1.29 is 4.42 Å². The standard InChI is InChI=1S/C13H22N2O/c1-11-12(6-8-16-11)9-15(2)10-13-5-3-4-7-14-13/h6,8,13-14H,3-5,7,9-10H2,1-2H3. The van der Waals surface area contributed by atoms with Gasteiger partial charge in [-0.05, 0) is 39.4 Å². The van der Waals surface area contributed by atoms with E-state index in [2.05, 4.69) is 23.3 Å². The van der Waals surface area contributed by atoms with E-state index in [4.69, 9.17) is 4.42 Å². The topological polar surface area (TPSA) is 28.4 Å². The van der Waals surface area contributed by atoms with Gasteiger partial charge in [-0.25, -0.2) is 0 Å². The zero-order valence-corrected chi connectivity index (χ0v) is 10.3. The largest absolute Gasteiger partial charge is 0.469 e. The SMILES string of the molecule is Cc1occc1CN(C)CC1CCCCN1. The van der Waals surface area contributed by atoms with Crippen LogP contribution in [0, 0.1) is 6.92 Å². The highest BCUT2D eigenvalue weighted by Crippen LogP contribution is 2.13. The van der Waals surface area contributed by atoms with E-state index in [1.807, 2.05) is 6.92 Å². The highest BCUT2D eigenvalue weighted by molar-refractivity contribution is 5.15. The first-order valence-electron chi connectivity index (χ1n) is 6.20. The average Bonchev–Trinajstić information content (AvgIpc) is 2.66. The molecule has 1 N–H and O–H groups in total. The van der Waals surface area contributed by atoms with Gasteiger partial charge in [-0.3, -0.25) is 0 Å². The lowest BCUT2D eigenvalue weighted by Crippen LogP contribution is -2.42. The number of furan rings is 1. The molecule has 0 saturated carbocycles. The van der Waals surface area contributed by atoms with Gasteiger partial charge in [0, 0.05) is 24.7 Å². The number of piperidine rings is 1. The molecular weight excluding hydrogens is 200 g/mol. The third kappa shape index (κ3) is 3.09. The summed E-state index contributed by atoms with van der Waals surface area (Å²) in [4.78, 5) is 2.38. The summed E-state index contributed by atoms with van der Waals surface area (Å²) in [6, 6.07) is 2.74. The predicted molar refractivity (Wildman–Crippen MR) is 65.4 cm³/mol. The maximum absolute atomic E-state index is 5.31. The Bertz CT molecular complexity index is 315. The molecule has 0 amide bonds. The molecular formula is C13H22N2O. The first kappa shape index (κ1) is 11.7. The lowest BCUT2D eigenvalue weighted by molar-refractivity contribution is 0.255. The highest BCUT2D eigenvalue weighted by Gasteiger charge is 2.15. The fourth-order valence-electron chi connectivity index (χ4n) is 2.39. The van der Waals surface area contributed by atoms with E-state index in [0.29, 0.717) is 6.04 Å². The van der Waals surface area contributed by atoms with Crippen LogP contribution in [-0.2, 0) is 6.54 Å². The molecule has 0 aliphatic carbocycles. The van der Waals surface area contributed by atoms with Gasteiger partial charge < -0.3 is 14.6 Å². The van der Waals surface area contributed by atoms with Gasteiger partial charge in [0.15, 0.2) is 0 Å². The van der Waals surface area contributed by atoms with Crippen LogP contribution in [0.1, 0.15) is 30.6 Å². The van der Waals surface area contributed by atoms with Crippen LogP contribution in [0.3, 0.4) is 0 Å². The number of hydrogen-bond acceptors (Lipinski definition) is 3. The average molecular weight is 222 g/mol. The maximum Gasteiger partial charge on any atom is 0.105 e. The van der Waals surface area contributed by atoms with Crippen molar-refractivity contribution in [1.29, 1.82) is 0 Å². The van der Waals surface area contributed by atoms with E-state index in [9.17, 15) is 0 Å². The number of hydrogen-bond donors (Lipinski definition) is 1. The van der Waals surface area contributed by atoms with Gasteiger partial charge in [0.25, 0.3) is 0 Å². The second kappa shape index (κ2) is 5.51. The van der Waals surface area contributed by atoms with Crippen LogP contribution in [0.4, 0.5) is 0 Å². The Morgan fingerprint density at radius 3 is 3.00 bits per heavy atom. The molecule has 1 aliphatic rings. The quantitative estimate of drug-likeness (QED) is 0.846. The Morgan fingerprint density at radius 1 is 1.50 bits per heavy atom. The van der Waals surface area contributed by atoms with Crippen molar-refractivity contribution in [2.45, 2.75) is 38.8 Å². The smallest absolute Gasteiger partial charge is 0.105 e. The Labute approximate surface area is 97.8 Å². The minimum absolute atomic E-state index is 0.672. The molecule has 3 nitrogen and oxygen atoms in total. The van der Waals surface area contributed by atoms with E-state index in [0.717, 1.165) is 18.8 Å². The summed E-state index contributed by atoms with van der Waals surface area (Å²) in [6.45, 7) is 5.33. The molecule has 1 aliphatic heterocycles. The van der Waals surface area contributed by atoms with E-state index in [1.54, 1.807) is 6.26 Å². The molecule has 2 heterocycles. The molecule has 1 saturated heterocycles. The van der Waals surface area contributed by atoms with Crippen molar-refractivity contribution in [3.05, 3.63) is 23.7 Å². The van der Waals surface area contributed by atoms with Crippen LogP contribution in [0.2, 0.25) is 0 Å². The van der Waals surface area contributed by atoms with E-state index in [-0.39, 0.29) is 0 Å². The minimum atomic E-state index is 0.672. The summed E-state index contributed by atoms with van der Waals surface area (Å²) < 4.78 is 5.31. The summed E-state index contributed by atoms with van der Waals surface area (Å²) in [7, 11) is 2.18. The van der Waals surface area contributed by atoms with Gasteiger partial charge in [0.2, 0.25) is 0 Å². The van der Waals surface area contributed by atoms with Gasteiger partial charge in [-0.15, -0.1) is 0 Å². The molecule has 1 aromatic rings. The second-order valence-electron chi connectivity index (χ2n) is 4.85. The van der Waals surface area contributed by atoms with Gasteiger partial charge >= 0.3 is 0 Å². The van der Waals surface area contributed by atoms with E-state index in [1.165, 1.54) is 31.4 Å². The molecule has 0 spiro atoms. The molecule has 0 bridgehead atoms. The Balaban J connectivity index is 1.79. The number of rotatable bonds is 4. The summed E-state index contributed by atoms with van der Waals surface area (Å²) in [5.41, 5.74) is 1.30. The van der Waals surface area contributed by atoms with Crippen molar-refractivity contribution >= 4 is 0 Å². The molecule has 2 rings (SSSR count). The third-order valence-electron chi connectivity index (χ3n) is 3.35. The Hall–Kier alpha value is -0.800. The zero-order chi connectivity index (χ0) is 11.4. The monoisotopic (exact) mass is 222 g/mol. The summed E-state index contributed by atoms with van der Waals surface area (Å²) in [6.07, 6.45) is 5.80. The summed E-state index contributed by atoms with van der Waals surface area (Å²) >= 11 is 0. The lowest BCUT2D eigenvalue weighted by atomic mass is 10.0. The molecule has 0 radical (unpaired) electrons. The summed E-state index contributed by atoms with van der Waals surface area (Å²) in [5, 5.41) is 3.58. The van der Waals surface area contributed by atoms with Crippen LogP contribution in [0.25, 0.3) is 0 Å². The van der Waals surface area contributed by atoms with Gasteiger partial charge in [-0.2, -0.15) is 0 Å². The van der Waals surface area contributed by atoms with Gasteiger partial charge in [0.1, 0.15) is 5.76 Å². The van der Waals surface area contributed by atoms with E-state index >= 15 is 0 Å². The maximum atomic E-state index is 5.31. The molecule has 1 fully saturated rings. The number of aryl methyl sites for hydroxylation is 1. The van der Waals surface area contributed by atoms with Crippen LogP contribution >= 0.6 is 0 Å². The van der Waals surface area contributed by atoms with Gasteiger partial charge in [0.05, 0.1) is 6.26 Å². The van der Waals surface area contributed by atoms with Crippen molar-refractivity contribution in [3.8, 4) is 0 Å². The van der Waals surface area contributed by atoms with Crippen LogP contribution in [0.15, 0.2) is 16.7 Å². The van der Waals surface area contributed by atoms with Crippen LogP contribution in [0.5, 0.6) is 0 Å². The zero-order valence-electron chi connectivity index (χ0n) is 10.3. The van der Waals surface area contributed by atoms with Crippen LogP contribution < -0.4 is 5.32 Å². The molecule has 1 atom stereocenters. The normalized spacial score (nSPS) is 21.6. The first-order valence-corrected chi connectivity index (χ1v) is 6.20. The van der Waals surface area contributed by atoms with Crippen molar-refractivity contribution in [2.24, 2.45) is 0 Å². The van der Waals surface area contributed by atoms with Crippen molar-refractivity contribution in [2.75, 3.05) is 20.1 Å². The fourth-order valence-corrected chi connectivity index (χ4v) is 2.39. The fraction of sp³-hybridized carbons (Fsp3) is 0.692. The third-order valence-corrected chi connectivity index (χ3v) is 3.35. The molecule has 16 heavy (non-hydrogen) atoms. The summed E-state index contributed by atoms with van der Waals surface area (Å²) in [5.74, 6) is 1.04. The van der Waals surface area contributed by atoms with E-state index < -0.39 is 0 Å². The number of nitrogens with zero attached hydrogens (tertiary/aromatic N) is 1. The first-order chi connectivity index (χ1) is 7.75. The Kier molecular flexibility index (Phi) is 4.02. The van der Waals surface area contributed by atoms with Crippen LogP contribution in [-0.4, -0.2) is 31.1 Å². The highest BCUT2D eigenvalue weighted by atomic mass is 16.3. The number of nitrogens with one attached hydrogen (secondary N) is 1. The molecule has 1 aromatic heterocycles. The minimum Gasteiger partial charge on any atom is -0.469 e. The van der Waals surface area contributed by atoms with Crippen molar-refractivity contribution in [3.63, 3.8) is 0 Å². The number of likely N-dealkylation sites (N-methyl/N-ethyl adjacent to an activating group) is 1. The lowest BCUT2D eigenvalue weighted by Gasteiger charge is -2.28. The Morgan fingerprint density at radius 2 is 2.38 bits per heavy atom. The molecule has 0 aromatic carbocycles.